The molecule has 1 amide bonds. The zero-order chi connectivity index (χ0) is 31.3. The molecule has 0 aliphatic heterocycles. The maximum absolute atomic E-state index is 15.7. The summed E-state index contributed by atoms with van der Waals surface area (Å²) in [5, 5.41) is 34.3. The van der Waals surface area contributed by atoms with Gasteiger partial charge in [0.2, 0.25) is 0 Å². The SMILES string of the molecule is COc1cc(C(=O)NCC(O)(c2cc(C(C)(C)O)c(F)c(-c3ccc(C(F)(F)F)cc3)n2)C2CC2)cc2cc(C)nnc12. The molecule has 43 heavy (non-hydrogen) atoms. The minimum Gasteiger partial charge on any atom is -0.494 e. The number of alkyl halides is 3. The van der Waals surface area contributed by atoms with Crippen LogP contribution in [-0.4, -0.2) is 45.0 Å². The Kier molecular flexibility index (Phi) is 7.64. The first-order valence-electron chi connectivity index (χ1n) is 13.6. The number of benzene rings is 2. The molecule has 0 spiro atoms. The molecule has 1 aliphatic rings. The number of rotatable bonds is 8. The Hall–Kier alpha value is -4.16. The van der Waals surface area contributed by atoms with Crippen LogP contribution in [0.2, 0.25) is 0 Å². The summed E-state index contributed by atoms with van der Waals surface area (Å²) in [6.07, 6.45) is -3.39. The van der Waals surface area contributed by atoms with E-state index in [1.165, 1.54) is 33.1 Å². The lowest BCUT2D eigenvalue weighted by Gasteiger charge is -2.31. The molecule has 0 saturated heterocycles. The van der Waals surface area contributed by atoms with Crippen molar-refractivity contribution in [3.63, 3.8) is 0 Å². The van der Waals surface area contributed by atoms with Crippen molar-refractivity contribution in [3.8, 4) is 17.0 Å². The number of carbonyl (C=O) groups excluding carboxylic acids is 1. The number of methoxy groups -OCH3 is 1. The van der Waals surface area contributed by atoms with E-state index >= 15 is 4.39 Å². The number of pyridine rings is 1. The maximum atomic E-state index is 15.7. The molecular weight excluding hydrogens is 568 g/mol. The first-order chi connectivity index (χ1) is 20.1. The largest absolute Gasteiger partial charge is 0.494 e. The van der Waals surface area contributed by atoms with Crippen LogP contribution in [0.4, 0.5) is 17.6 Å². The Labute approximate surface area is 244 Å². The number of nitrogens with one attached hydrogen (secondary N) is 1. The van der Waals surface area contributed by atoms with Gasteiger partial charge in [-0.05, 0) is 75.9 Å². The van der Waals surface area contributed by atoms with E-state index in [4.69, 9.17) is 4.74 Å². The van der Waals surface area contributed by atoms with E-state index in [2.05, 4.69) is 20.5 Å². The number of amides is 1. The molecule has 1 saturated carbocycles. The number of nitrogens with zero attached hydrogens (tertiary/aromatic N) is 3. The van der Waals surface area contributed by atoms with Gasteiger partial charge in [-0.2, -0.15) is 18.3 Å². The van der Waals surface area contributed by atoms with Gasteiger partial charge >= 0.3 is 6.18 Å². The Morgan fingerprint density at radius 2 is 1.72 bits per heavy atom. The zero-order valence-corrected chi connectivity index (χ0v) is 23.9. The molecule has 0 bridgehead atoms. The summed E-state index contributed by atoms with van der Waals surface area (Å²) in [6.45, 7) is 4.16. The fourth-order valence-electron chi connectivity index (χ4n) is 5.04. The van der Waals surface area contributed by atoms with E-state index in [0.29, 0.717) is 35.2 Å². The number of hydrogen-bond donors (Lipinski definition) is 3. The highest BCUT2D eigenvalue weighted by Crippen LogP contribution is 2.46. The van der Waals surface area contributed by atoms with E-state index in [9.17, 15) is 28.2 Å². The van der Waals surface area contributed by atoms with Gasteiger partial charge < -0.3 is 20.3 Å². The van der Waals surface area contributed by atoms with Gasteiger partial charge in [-0.25, -0.2) is 9.37 Å². The molecule has 5 rings (SSSR count). The molecule has 8 nitrogen and oxygen atoms in total. The second-order valence-corrected chi connectivity index (χ2v) is 11.3. The minimum absolute atomic E-state index is 0.0225. The average Bonchev–Trinajstić information content (AvgIpc) is 3.80. The third kappa shape index (κ3) is 6.02. The van der Waals surface area contributed by atoms with Crippen LogP contribution in [0.5, 0.6) is 5.75 Å². The number of hydrogen-bond acceptors (Lipinski definition) is 7. The number of aryl methyl sites for hydroxylation is 1. The van der Waals surface area contributed by atoms with Crippen LogP contribution in [0.25, 0.3) is 22.2 Å². The predicted molar refractivity (Wildman–Crippen MR) is 150 cm³/mol. The molecule has 2 heterocycles. The molecular formula is C31H30F4N4O4. The molecule has 2 aromatic carbocycles. The van der Waals surface area contributed by atoms with Crippen LogP contribution >= 0.6 is 0 Å². The van der Waals surface area contributed by atoms with Gasteiger partial charge in [-0.15, -0.1) is 5.10 Å². The Bertz CT molecular complexity index is 1700. The monoisotopic (exact) mass is 598 g/mol. The molecule has 226 valence electrons. The number of carbonyl (C=O) groups is 1. The summed E-state index contributed by atoms with van der Waals surface area (Å²) in [6, 6.07) is 9.92. The summed E-state index contributed by atoms with van der Waals surface area (Å²) in [5.41, 5.74) is -3.57. The lowest BCUT2D eigenvalue weighted by atomic mass is 9.87. The van der Waals surface area contributed by atoms with Crippen LogP contribution in [-0.2, 0) is 17.4 Å². The van der Waals surface area contributed by atoms with Crippen molar-refractivity contribution < 1.29 is 37.3 Å². The van der Waals surface area contributed by atoms with Crippen LogP contribution in [0.3, 0.4) is 0 Å². The van der Waals surface area contributed by atoms with Gasteiger partial charge in [0.1, 0.15) is 22.6 Å². The van der Waals surface area contributed by atoms with Crippen molar-refractivity contribution in [2.45, 2.75) is 51.0 Å². The maximum Gasteiger partial charge on any atom is 0.416 e. The van der Waals surface area contributed by atoms with E-state index in [0.717, 1.165) is 24.3 Å². The Morgan fingerprint density at radius 1 is 1.05 bits per heavy atom. The molecule has 1 atom stereocenters. The molecule has 0 radical (unpaired) electrons. The first kappa shape index (κ1) is 30.3. The average molecular weight is 599 g/mol. The highest BCUT2D eigenvalue weighted by atomic mass is 19.4. The summed E-state index contributed by atoms with van der Waals surface area (Å²) < 4.78 is 60.5. The van der Waals surface area contributed by atoms with Gasteiger partial charge in [0.05, 0.1) is 36.2 Å². The molecule has 12 heteroatoms. The predicted octanol–water partition coefficient (Wildman–Crippen LogP) is 5.42. The summed E-state index contributed by atoms with van der Waals surface area (Å²) >= 11 is 0. The number of fused-ring (bicyclic) bond motifs is 1. The second-order valence-electron chi connectivity index (χ2n) is 11.3. The number of ether oxygens (including phenoxy) is 1. The number of halogens is 4. The van der Waals surface area contributed by atoms with Gasteiger partial charge in [-0.3, -0.25) is 4.79 Å². The Balaban J connectivity index is 1.52. The van der Waals surface area contributed by atoms with Gasteiger partial charge in [0, 0.05) is 22.1 Å². The molecule has 1 aliphatic carbocycles. The van der Waals surface area contributed by atoms with Crippen molar-refractivity contribution in [1.29, 1.82) is 0 Å². The summed E-state index contributed by atoms with van der Waals surface area (Å²) in [4.78, 5) is 17.7. The van der Waals surface area contributed by atoms with E-state index < -0.39 is 34.7 Å². The fourth-order valence-corrected chi connectivity index (χ4v) is 5.04. The minimum atomic E-state index is -4.59. The van der Waals surface area contributed by atoms with E-state index in [1.54, 1.807) is 19.1 Å². The smallest absolute Gasteiger partial charge is 0.416 e. The van der Waals surface area contributed by atoms with Crippen LogP contribution < -0.4 is 10.1 Å². The fraction of sp³-hybridized carbons (Fsp3) is 0.355. The lowest BCUT2D eigenvalue weighted by molar-refractivity contribution is -0.137. The molecule has 1 unspecified atom stereocenters. The Morgan fingerprint density at radius 3 is 2.30 bits per heavy atom. The third-order valence-electron chi connectivity index (χ3n) is 7.58. The van der Waals surface area contributed by atoms with Crippen molar-refractivity contribution in [2.24, 2.45) is 5.92 Å². The highest BCUT2D eigenvalue weighted by molar-refractivity contribution is 5.99. The van der Waals surface area contributed by atoms with Crippen molar-refractivity contribution in [2.75, 3.05) is 13.7 Å². The van der Waals surface area contributed by atoms with Crippen molar-refractivity contribution >= 4 is 16.8 Å². The van der Waals surface area contributed by atoms with Gasteiger partial charge in [0.25, 0.3) is 5.91 Å². The lowest BCUT2D eigenvalue weighted by Crippen LogP contribution is -2.43. The third-order valence-corrected chi connectivity index (χ3v) is 7.58. The molecule has 1 fully saturated rings. The van der Waals surface area contributed by atoms with Crippen molar-refractivity contribution in [1.82, 2.24) is 20.5 Å². The second kappa shape index (κ2) is 10.8. The van der Waals surface area contributed by atoms with Gasteiger partial charge in [0.15, 0.2) is 5.82 Å². The van der Waals surface area contributed by atoms with Crippen LogP contribution in [0.1, 0.15) is 59.6 Å². The van der Waals surface area contributed by atoms with E-state index in [-0.39, 0.29) is 40.5 Å². The number of aromatic nitrogens is 3. The normalized spacial score (nSPS) is 15.3. The molecule has 3 N–H and O–H groups in total. The number of aliphatic hydroxyl groups is 2. The standard InChI is InChI=1S/C31H30F4N4O4/c1-16-11-18-12-19(13-23(43-4)26(18)39-38-16)28(40)36-15-30(42,20-9-10-20)24-14-22(29(2,3)41)25(32)27(37-24)17-5-7-21(8-6-17)31(33,34)35/h5-8,11-14,20,41-42H,9-10,15H2,1-4H3,(H,36,40). The van der Waals surface area contributed by atoms with Crippen LogP contribution in [0.15, 0.2) is 48.5 Å². The highest BCUT2D eigenvalue weighted by Gasteiger charge is 2.47. The van der Waals surface area contributed by atoms with Gasteiger partial charge in [-0.1, -0.05) is 12.1 Å². The first-order valence-corrected chi connectivity index (χ1v) is 13.6. The quantitative estimate of drug-likeness (QED) is 0.232. The van der Waals surface area contributed by atoms with E-state index in [1.807, 2.05) is 0 Å². The molecule has 2 aromatic heterocycles. The van der Waals surface area contributed by atoms with Crippen LogP contribution in [0, 0.1) is 18.7 Å². The zero-order valence-electron chi connectivity index (χ0n) is 23.9. The van der Waals surface area contributed by atoms with Crippen molar-refractivity contribution in [3.05, 3.63) is 82.4 Å². The molecule has 4 aromatic rings. The topological polar surface area (TPSA) is 117 Å². The summed E-state index contributed by atoms with van der Waals surface area (Å²) in [5.74, 6) is -1.46. The summed E-state index contributed by atoms with van der Waals surface area (Å²) in [7, 11) is 1.44.